The Morgan fingerprint density at radius 3 is 2.75 bits per heavy atom. The van der Waals surface area contributed by atoms with E-state index in [-0.39, 0.29) is 5.56 Å². The molecule has 0 bridgehead atoms. The molecule has 0 aliphatic carbocycles. The molecule has 0 radical (unpaired) electrons. The molecule has 0 aliphatic heterocycles. The quantitative estimate of drug-likeness (QED) is 0.823. The molecule has 16 heavy (non-hydrogen) atoms. The molecule has 0 saturated heterocycles. The van der Waals surface area contributed by atoms with Crippen LogP contribution in [0.25, 0.3) is 5.69 Å². The molecule has 0 fully saturated rings. The van der Waals surface area contributed by atoms with Crippen LogP contribution < -0.4 is 11.3 Å². The molecule has 2 rings (SSSR count). The molecule has 0 unspecified atom stereocenters. The maximum absolute atomic E-state index is 11.8. The van der Waals surface area contributed by atoms with Crippen molar-refractivity contribution in [2.24, 2.45) is 0 Å². The van der Waals surface area contributed by atoms with Crippen LogP contribution in [0.4, 0.5) is 5.69 Å². The van der Waals surface area contributed by atoms with Crippen LogP contribution in [0, 0.1) is 0 Å². The second-order valence-corrected chi connectivity index (χ2v) is 4.50. The fourth-order valence-corrected chi connectivity index (χ4v) is 2.00. The van der Waals surface area contributed by atoms with Gasteiger partial charge in [0.15, 0.2) is 0 Å². The molecular weight excluding hydrogens is 291 g/mol. The number of anilines is 1. The Morgan fingerprint density at radius 2 is 2.06 bits per heavy atom. The van der Waals surface area contributed by atoms with Crippen LogP contribution in [0.15, 0.2) is 45.8 Å². The summed E-state index contributed by atoms with van der Waals surface area (Å²) < 4.78 is 1.95. The minimum absolute atomic E-state index is 0.158. The number of pyridine rings is 1. The molecule has 1 heterocycles. The molecule has 82 valence electrons. The first-order valence-corrected chi connectivity index (χ1v) is 5.69. The van der Waals surface area contributed by atoms with Crippen LogP contribution in [0.5, 0.6) is 0 Å². The van der Waals surface area contributed by atoms with Gasteiger partial charge in [0.1, 0.15) is 0 Å². The Kier molecular flexibility index (Phi) is 3.03. The SMILES string of the molecule is Nc1ccc(-n2cccc(Br)c2=O)c(Cl)c1. The van der Waals surface area contributed by atoms with E-state index in [2.05, 4.69) is 15.9 Å². The minimum Gasteiger partial charge on any atom is -0.399 e. The highest BCUT2D eigenvalue weighted by molar-refractivity contribution is 9.10. The van der Waals surface area contributed by atoms with E-state index in [9.17, 15) is 4.79 Å². The predicted molar refractivity (Wildman–Crippen MR) is 69.2 cm³/mol. The van der Waals surface area contributed by atoms with Crippen LogP contribution >= 0.6 is 27.5 Å². The third kappa shape index (κ3) is 1.99. The van der Waals surface area contributed by atoms with Gasteiger partial charge in [0.25, 0.3) is 5.56 Å². The van der Waals surface area contributed by atoms with Gasteiger partial charge in [-0.3, -0.25) is 9.36 Å². The van der Waals surface area contributed by atoms with Gasteiger partial charge in [0.05, 0.1) is 15.2 Å². The maximum Gasteiger partial charge on any atom is 0.269 e. The molecule has 2 aromatic rings. The summed E-state index contributed by atoms with van der Waals surface area (Å²) in [5.41, 5.74) is 6.61. The molecule has 5 heteroatoms. The first-order valence-electron chi connectivity index (χ1n) is 4.52. The molecule has 1 aromatic carbocycles. The zero-order valence-corrected chi connectivity index (χ0v) is 10.5. The van der Waals surface area contributed by atoms with E-state index in [1.54, 1.807) is 36.5 Å². The van der Waals surface area contributed by atoms with E-state index in [1.807, 2.05) is 0 Å². The summed E-state index contributed by atoms with van der Waals surface area (Å²) in [6.45, 7) is 0. The molecule has 0 amide bonds. The average molecular weight is 300 g/mol. The zero-order chi connectivity index (χ0) is 11.7. The summed E-state index contributed by atoms with van der Waals surface area (Å²) in [6, 6.07) is 8.48. The third-order valence-corrected chi connectivity index (χ3v) is 3.04. The first kappa shape index (κ1) is 11.2. The average Bonchev–Trinajstić information content (AvgIpc) is 2.23. The summed E-state index contributed by atoms with van der Waals surface area (Å²) in [7, 11) is 0. The molecule has 1 aromatic heterocycles. The van der Waals surface area contributed by atoms with Crippen molar-refractivity contribution in [3.8, 4) is 5.69 Å². The second kappa shape index (κ2) is 4.31. The van der Waals surface area contributed by atoms with E-state index in [0.29, 0.717) is 20.9 Å². The number of nitrogens with zero attached hydrogens (tertiary/aromatic N) is 1. The summed E-state index contributed by atoms with van der Waals surface area (Å²) in [5, 5.41) is 0.445. The van der Waals surface area contributed by atoms with E-state index < -0.39 is 0 Å². The van der Waals surface area contributed by atoms with E-state index in [0.717, 1.165) is 0 Å². The third-order valence-electron chi connectivity index (χ3n) is 2.13. The summed E-state index contributed by atoms with van der Waals surface area (Å²) in [5.74, 6) is 0. The van der Waals surface area contributed by atoms with Gasteiger partial charge in [-0.25, -0.2) is 0 Å². The Labute approximate surface area is 106 Å². The second-order valence-electron chi connectivity index (χ2n) is 3.24. The van der Waals surface area contributed by atoms with Crippen LogP contribution in [-0.4, -0.2) is 4.57 Å². The number of aromatic nitrogens is 1. The molecular formula is C11H8BrClN2O. The summed E-state index contributed by atoms with van der Waals surface area (Å²) in [6.07, 6.45) is 1.66. The molecule has 2 N–H and O–H groups in total. The predicted octanol–water partition coefficient (Wildman–Crippen LogP) is 2.84. The van der Waals surface area contributed by atoms with Gasteiger partial charge in [0, 0.05) is 11.9 Å². The molecule has 0 saturated carbocycles. The van der Waals surface area contributed by atoms with E-state index >= 15 is 0 Å². The monoisotopic (exact) mass is 298 g/mol. The highest BCUT2D eigenvalue weighted by Crippen LogP contribution is 2.22. The van der Waals surface area contributed by atoms with Crippen LogP contribution in [-0.2, 0) is 0 Å². The van der Waals surface area contributed by atoms with Crippen LogP contribution in [0.1, 0.15) is 0 Å². The van der Waals surface area contributed by atoms with Crippen molar-refractivity contribution >= 4 is 33.2 Å². The van der Waals surface area contributed by atoms with Crippen LogP contribution in [0.2, 0.25) is 5.02 Å². The number of rotatable bonds is 1. The smallest absolute Gasteiger partial charge is 0.269 e. The van der Waals surface area contributed by atoms with Gasteiger partial charge in [-0.05, 0) is 46.3 Å². The van der Waals surface area contributed by atoms with Crippen molar-refractivity contribution in [3.05, 3.63) is 56.4 Å². The van der Waals surface area contributed by atoms with Crippen LogP contribution in [0.3, 0.4) is 0 Å². The number of hydrogen-bond donors (Lipinski definition) is 1. The largest absolute Gasteiger partial charge is 0.399 e. The lowest BCUT2D eigenvalue weighted by Gasteiger charge is -2.08. The summed E-state index contributed by atoms with van der Waals surface area (Å²) >= 11 is 9.21. The van der Waals surface area contributed by atoms with Gasteiger partial charge >= 0.3 is 0 Å². The number of halogens is 2. The lowest BCUT2D eigenvalue weighted by Crippen LogP contribution is -2.18. The molecule has 0 aliphatic rings. The fraction of sp³-hybridized carbons (Fsp3) is 0. The topological polar surface area (TPSA) is 48.0 Å². The van der Waals surface area contributed by atoms with Gasteiger partial charge in [-0.2, -0.15) is 0 Å². The van der Waals surface area contributed by atoms with Crippen molar-refractivity contribution in [2.75, 3.05) is 5.73 Å². The minimum atomic E-state index is -0.158. The Hall–Kier alpha value is -1.26. The summed E-state index contributed by atoms with van der Waals surface area (Å²) in [4.78, 5) is 11.8. The Bertz CT molecular complexity index is 595. The lowest BCUT2D eigenvalue weighted by atomic mass is 10.2. The Balaban J connectivity index is 2.68. The van der Waals surface area contributed by atoms with E-state index in [4.69, 9.17) is 17.3 Å². The number of nitrogen functional groups attached to an aromatic ring is 1. The maximum atomic E-state index is 11.8. The normalized spacial score (nSPS) is 10.4. The highest BCUT2D eigenvalue weighted by Gasteiger charge is 2.06. The zero-order valence-electron chi connectivity index (χ0n) is 8.15. The van der Waals surface area contributed by atoms with Crippen molar-refractivity contribution in [1.29, 1.82) is 0 Å². The molecule has 0 spiro atoms. The van der Waals surface area contributed by atoms with Gasteiger partial charge < -0.3 is 5.73 Å². The lowest BCUT2D eigenvalue weighted by molar-refractivity contribution is 0.981. The van der Waals surface area contributed by atoms with Crippen molar-refractivity contribution < 1.29 is 0 Å². The van der Waals surface area contributed by atoms with Gasteiger partial charge in [-0.1, -0.05) is 11.6 Å². The number of hydrogen-bond acceptors (Lipinski definition) is 2. The van der Waals surface area contributed by atoms with Gasteiger partial charge in [-0.15, -0.1) is 0 Å². The van der Waals surface area contributed by atoms with Crippen molar-refractivity contribution in [1.82, 2.24) is 4.57 Å². The first-order chi connectivity index (χ1) is 7.59. The molecule has 3 nitrogen and oxygen atoms in total. The number of nitrogens with two attached hydrogens (primary N) is 1. The number of benzene rings is 1. The Morgan fingerprint density at radius 1 is 1.31 bits per heavy atom. The molecule has 0 atom stereocenters. The highest BCUT2D eigenvalue weighted by atomic mass is 79.9. The van der Waals surface area contributed by atoms with Crippen molar-refractivity contribution in [3.63, 3.8) is 0 Å². The standard InChI is InChI=1S/C11H8BrClN2O/c12-8-2-1-5-15(11(8)16)10-4-3-7(14)6-9(10)13/h1-6H,14H2. The van der Waals surface area contributed by atoms with Gasteiger partial charge in [0.2, 0.25) is 0 Å². The fourth-order valence-electron chi connectivity index (χ4n) is 1.38. The van der Waals surface area contributed by atoms with Crippen molar-refractivity contribution in [2.45, 2.75) is 0 Å². The van der Waals surface area contributed by atoms with E-state index in [1.165, 1.54) is 4.57 Å².